The number of halogens is 3. The molecule has 0 saturated carbocycles. The van der Waals surface area contributed by atoms with Gasteiger partial charge in [0.25, 0.3) is 0 Å². The van der Waals surface area contributed by atoms with Gasteiger partial charge in [0.05, 0.1) is 28.6 Å². The van der Waals surface area contributed by atoms with Crippen LogP contribution in [-0.4, -0.2) is 27.2 Å². The molecule has 2 rings (SSSR count). The Labute approximate surface area is 154 Å². The fourth-order valence-electron chi connectivity index (χ4n) is 3.03. The lowest BCUT2D eigenvalue weighted by molar-refractivity contribution is -0.140. The first-order chi connectivity index (χ1) is 12.4. The molecule has 1 heterocycles. The molecule has 0 amide bonds. The zero-order valence-corrected chi connectivity index (χ0v) is 15.7. The van der Waals surface area contributed by atoms with E-state index in [1.54, 1.807) is 0 Å². The maximum atomic E-state index is 13.6. The highest BCUT2D eigenvalue weighted by Crippen LogP contribution is 2.44. The van der Waals surface area contributed by atoms with E-state index in [-0.39, 0.29) is 23.7 Å². The van der Waals surface area contributed by atoms with E-state index in [2.05, 4.69) is 5.32 Å². The summed E-state index contributed by atoms with van der Waals surface area (Å²) < 4.78 is 70.3. The summed E-state index contributed by atoms with van der Waals surface area (Å²) in [6, 6.07) is 4.47. The van der Waals surface area contributed by atoms with Crippen LogP contribution in [0.4, 0.5) is 13.2 Å². The molecule has 1 aliphatic heterocycles. The van der Waals surface area contributed by atoms with E-state index >= 15 is 0 Å². The van der Waals surface area contributed by atoms with E-state index in [4.69, 9.17) is 10.5 Å². The number of allylic oxidation sites excluding steroid dienone is 2. The summed E-state index contributed by atoms with van der Waals surface area (Å²) >= 11 is 0. The molecule has 0 saturated heterocycles. The average Bonchev–Trinajstić information content (AvgIpc) is 2.52. The second kappa shape index (κ2) is 7.26. The van der Waals surface area contributed by atoms with E-state index in [1.165, 1.54) is 26.0 Å². The van der Waals surface area contributed by atoms with Crippen LogP contribution in [0.15, 0.2) is 46.3 Å². The summed E-state index contributed by atoms with van der Waals surface area (Å²) in [5.41, 5.74) is 4.25. The molecule has 1 aromatic rings. The molecule has 0 radical (unpaired) electrons. The summed E-state index contributed by atoms with van der Waals surface area (Å²) in [6.07, 6.45) is -3.93. The summed E-state index contributed by atoms with van der Waals surface area (Å²) in [6.45, 7) is 2.92. The van der Waals surface area contributed by atoms with Crippen molar-refractivity contribution in [2.75, 3.05) is 12.9 Å². The third-order valence-corrected chi connectivity index (χ3v) is 5.27. The lowest BCUT2D eigenvalue weighted by Crippen LogP contribution is -2.36. The van der Waals surface area contributed by atoms with Gasteiger partial charge in [-0.1, -0.05) is 18.2 Å². The summed E-state index contributed by atoms with van der Waals surface area (Å²) in [4.78, 5) is 12.0. The van der Waals surface area contributed by atoms with Crippen molar-refractivity contribution in [3.05, 3.63) is 57.4 Å². The maximum Gasteiger partial charge on any atom is 0.416 e. The predicted octanol–water partition coefficient (Wildman–Crippen LogP) is 2.40. The zero-order chi connectivity index (χ0) is 20.6. The SMILES string of the molecule is CCOC(=O)C1=C(C)NC(N)=C(S(C)(=O)=O)C1c1ccccc1C(F)(F)F. The molecule has 3 N–H and O–H groups in total. The third-order valence-electron chi connectivity index (χ3n) is 4.01. The number of dihydropyridines is 1. The number of carbonyl (C=O) groups is 1. The lowest BCUT2D eigenvalue weighted by atomic mass is 9.84. The molecule has 27 heavy (non-hydrogen) atoms. The van der Waals surface area contributed by atoms with Crippen LogP contribution in [0.25, 0.3) is 0 Å². The van der Waals surface area contributed by atoms with E-state index in [1.807, 2.05) is 0 Å². The van der Waals surface area contributed by atoms with E-state index < -0.39 is 43.9 Å². The Balaban J connectivity index is 2.87. The van der Waals surface area contributed by atoms with Gasteiger partial charge >= 0.3 is 12.1 Å². The topological polar surface area (TPSA) is 98.5 Å². The number of ether oxygens (including phenoxy) is 1. The van der Waals surface area contributed by atoms with Gasteiger partial charge in [0, 0.05) is 12.0 Å². The van der Waals surface area contributed by atoms with Crippen LogP contribution < -0.4 is 11.1 Å². The van der Waals surface area contributed by atoms with Crippen molar-refractivity contribution < 1.29 is 31.1 Å². The molecule has 1 unspecified atom stereocenters. The predicted molar refractivity (Wildman–Crippen MR) is 92.7 cm³/mol. The lowest BCUT2D eigenvalue weighted by Gasteiger charge is -2.31. The highest BCUT2D eigenvalue weighted by Gasteiger charge is 2.43. The van der Waals surface area contributed by atoms with Crippen molar-refractivity contribution in [3.8, 4) is 0 Å². The molecule has 6 nitrogen and oxygen atoms in total. The number of rotatable bonds is 4. The fourth-order valence-corrected chi connectivity index (χ4v) is 4.15. The average molecular weight is 404 g/mol. The molecule has 10 heteroatoms. The van der Waals surface area contributed by atoms with Crippen LogP contribution in [0.5, 0.6) is 0 Å². The van der Waals surface area contributed by atoms with Crippen molar-refractivity contribution in [1.29, 1.82) is 0 Å². The molecule has 1 aromatic carbocycles. The van der Waals surface area contributed by atoms with Crippen LogP contribution in [0, 0.1) is 0 Å². The first-order valence-corrected chi connectivity index (χ1v) is 9.79. The van der Waals surface area contributed by atoms with Gasteiger partial charge < -0.3 is 15.8 Å². The largest absolute Gasteiger partial charge is 0.463 e. The molecule has 0 aromatic heterocycles. The molecule has 1 atom stereocenters. The number of hydrogen-bond donors (Lipinski definition) is 2. The molecule has 148 valence electrons. The van der Waals surface area contributed by atoms with Crippen LogP contribution in [0.2, 0.25) is 0 Å². The number of nitrogens with two attached hydrogens (primary N) is 1. The van der Waals surface area contributed by atoms with E-state index in [0.29, 0.717) is 0 Å². The van der Waals surface area contributed by atoms with Crippen LogP contribution in [0.3, 0.4) is 0 Å². The van der Waals surface area contributed by atoms with Gasteiger partial charge in [0.15, 0.2) is 9.84 Å². The smallest absolute Gasteiger partial charge is 0.416 e. The molecule has 0 bridgehead atoms. The molecule has 1 aliphatic rings. The second-order valence-electron chi connectivity index (χ2n) is 5.95. The van der Waals surface area contributed by atoms with E-state index in [9.17, 15) is 26.4 Å². The quantitative estimate of drug-likeness (QED) is 0.748. The first-order valence-electron chi connectivity index (χ1n) is 7.90. The van der Waals surface area contributed by atoms with Gasteiger partial charge in [-0.15, -0.1) is 0 Å². The minimum atomic E-state index is -4.76. The molecule has 0 fully saturated rings. The summed E-state index contributed by atoms with van der Waals surface area (Å²) in [7, 11) is -4.06. The summed E-state index contributed by atoms with van der Waals surface area (Å²) in [5.74, 6) is -2.79. The molecular formula is C17H19F3N2O4S. The van der Waals surface area contributed by atoms with Gasteiger partial charge in [-0.25, -0.2) is 13.2 Å². The Bertz CT molecular complexity index is 934. The molecular weight excluding hydrogens is 385 g/mol. The number of carbonyl (C=O) groups excluding carboxylic acids is 1. The molecule has 0 spiro atoms. The van der Waals surface area contributed by atoms with Crippen molar-refractivity contribution in [3.63, 3.8) is 0 Å². The van der Waals surface area contributed by atoms with Crippen molar-refractivity contribution in [1.82, 2.24) is 5.32 Å². The zero-order valence-electron chi connectivity index (χ0n) is 14.8. The van der Waals surface area contributed by atoms with Crippen molar-refractivity contribution in [2.24, 2.45) is 5.73 Å². The Hall–Kier alpha value is -2.49. The summed E-state index contributed by atoms with van der Waals surface area (Å²) in [5, 5.41) is 2.56. The van der Waals surface area contributed by atoms with Crippen molar-refractivity contribution >= 4 is 15.8 Å². The maximum absolute atomic E-state index is 13.6. The molecule has 0 aliphatic carbocycles. The van der Waals surface area contributed by atoms with Crippen LogP contribution >= 0.6 is 0 Å². The third kappa shape index (κ3) is 4.10. The normalized spacial score (nSPS) is 18.4. The monoisotopic (exact) mass is 404 g/mol. The van der Waals surface area contributed by atoms with Gasteiger partial charge in [-0.3, -0.25) is 0 Å². The number of esters is 1. The Kier molecular flexibility index (Phi) is 5.60. The van der Waals surface area contributed by atoms with E-state index in [0.717, 1.165) is 18.4 Å². The van der Waals surface area contributed by atoms with Crippen LogP contribution in [0.1, 0.15) is 30.9 Å². The highest BCUT2D eigenvalue weighted by molar-refractivity contribution is 7.94. The number of hydrogen-bond acceptors (Lipinski definition) is 6. The number of nitrogens with one attached hydrogen (secondary N) is 1. The Morgan fingerprint density at radius 2 is 1.89 bits per heavy atom. The first kappa shape index (κ1) is 20.8. The minimum absolute atomic E-state index is 0.0311. The standard InChI is InChI=1S/C17H19F3N2O4S/c1-4-26-16(23)12-9(2)22-15(21)14(27(3,24)25)13(12)10-7-5-6-8-11(10)17(18,19)20/h5-8,13,22H,4,21H2,1-3H3. The Morgan fingerprint density at radius 1 is 1.30 bits per heavy atom. The fraction of sp³-hybridized carbons (Fsp3) is 0.353. The number of alkyl halides is 3. The van der Waals surface area contributed by atoms with Gasteiger partial charge in [-0.05, 0) is 25.5 Å². The number of sulfone groups is 1. The van der Waals surface area contributed by atoms with Gasteiger partial charge in [-0.2, -0.15) is 13.2 Å². The highest BCUT2D eigenvalue weighted by atomic mass is 32.2. The van der Waals surface area contributed by atoms with Crippen LogP contribution in [-0.2, 0) is 25.5 Å². The minimum Gasteiger partial charge on any atom is -0.463 e. The second-order valence-corrected chi connectivity index (χ2v) is 7.94. The van der Waals surface area contributed by atoms with Gasteiger partial charge in [0.1, 0.15) is 5.82 Å². The Morgan fingerprint density at radius 3 is 2.41 bits per heavy atom. The van der Waals surface area contributed by atoms with Gasteiger partial charge in [0.2, 0.25) is 0 Å². The van der Waals surface area contributed by atoms with Crippen molar-refractivity contribution in [2.45, 2.75) is 25.9 Å². The number of benzene rings is 1.